The molecule has 30 heavy (non-hydrogen) atoms. The second kappa shape index (κ2) is 9.22. The molecule has 0 saturated carbocycles. The topological polar surface area (TPSA) is 66.9 Å². The van der Waals surface area contributed by atoms with Crippen molar-refractivity contribution in [2.75, 3.05) is 32.8 Å². The molecule has 2 saturated heterocycles. The van der Waals surface area contributed by atoms with Crippen LogP contribution in [0.5, 0.6) is 0 Å². The van der Waals surface area contributed by atoms with Gasteiger partial charge in [0.25, 0.3) is 5.91 Å². The van der Waals surface area contributed by atoms with Crippen LogP contribution in [0.3, 0.4) is 0 Å². The highest BCUT2D eigenvalue weighted by Gasteiger charge is 2.35. The van der Waals surface area contributed by atoms with Crippen LogP contribution in [0.1, 0.15) is 29.6 Å². The van der Waals surface area contributed by atoms with Gasteiger partial charge in [0.15, 0.2) is 5.78 Å². The SMILES string of the molecule is O=C1CC(CCC(=O)N2CCOCC2)N(C(=O)c2ccc(-c3ccccc3)cc2)C1. The van der Waals surface area contributed by atoms with Crippen molar-refractivity contribution in [2.24, 2.45) is 0 Å². The average Bonchev–Trinajstić information content (AvgIpc) is 3.18. The van der Waals surface area contributed by atoms with Crippen LogP contribution in [-0.2, 0) is 14.3 Å². The summed E-state index contributed by atoms with van der Waals surface area (Å²) in [5, 5.41) is 0. The van der Waals surface area contributed by atoms with Crippen LogP contribution in [0.2, 0.25) is 0 Å². The number of benzene rings is 2. The number of hydrogen-bond acceptors (Lipinski definition) is 4. The summed E-state index contributed by atoms with van der Waals surface area (Å²) in [6.45, 7) is 2.47. The van der Waals surface area contributed by atoms with Crippen LogP contribution in [0, 0.1) is 0 Å². The first-order chi connectivity index (χ1) is 14.6. The lowest BCUT2D eigenvalue weighted by molar-refractivity contribution is -0.135. The fourth-order valence-corrected chi connectivity index (χ4v) is 4.11. The van der Waals surface area contributed by atoms with Gasteiger partial charge in [-0.3, -0.25) is 14.4 Å². The van der Waals surface area contributed by atoms with E-state index in [2.05, 4.69) is 0 Å². The summed E-state index contributed by atoms with van der Waals surface area (Å²) < 4.78 is 5.28. The molecule has 4 rings (SSSR count). The van der Waals surface area contributed by atoms with Crippen molar-refractivity contribution >= 4 is 17.6 Å². The maximum absolute atomic E-state index is 13.1. The Kier molecular flexibility index (Phi) is 6.23. The van der Waals surface area contributed by atoms with Gasteiger partial charge in [-0.15, -0.1) is 0 Å². The number of carbonyl (C=O) groups is 3. The molecule has 2 aromatic carbocycles. The van der Waals surface area contributed by atoms with Crippen LogP contribution in [0.4, 0.5) is 0 Å². The molecule has 0 bridgehead atoms. The van der Waals surface area contributed by atoms with Crippen LogP contribution in [-0.4, -0.2) is 66.3 Å². The summed E-state index contributed by atoms with van der Waals surface area (Å²) in [6.07, 6.45) is 1.18. The minimum absolute atomic E-state index is 0.0491. The highest BCUT2D eigenvalue weighted by atomic mass is 16.5. The number of amides is 2. The van der Waals surface area contributed by atoms with Crippen LogP contribution in [0.25, 0.3) is 11.1 Å². The molecule has 2 amide bonds. The Bertz CT molecular complexity index is 905. The largest absolute Gasteiger partial charge is 0.378 e. The van der Waals surface area contributed by atoms with E-state index in [9.17, 15) is 14.4 Å². The van der Waals surface area contributed by atoms with Crippen molar-refractivity contribution in [3.8, 4) is 11.1 Å². The smallest absolute Gasteiger partial charge is 0.254 e. The van der Waals surface area contributed by atoms with Crippen molar-refractivity contribution in [1.82, 2.24) is 9.80 Å². The van der Waals surface area contributed by atoms with Gasteiger partial charge in [0.2, 0.25) is 5.91 Å². The number of nitrogens with zero attached hydrogens (tertiary/aromatic N) is 2. The Balaban J connectivity index is 1.40. The fraction of sp³-hybridized carbons (Fsp3) is 0.375. The van der Waals surface area contributed by atoms with Gasteiger partial charge in [0.1, 0.15) is 0 Å². The van der Waals surface area contributed by atoms with Crippen molar-refractivity contribution in [3.05, 3.63) is 60.2 Å². The number of rotatable bonds is 5. The van der Waals surface area contributed by atoms with Crippen molar-refractivity contribution < 1.29 is 19.1 Å². The van der Waals surface area contributed by atoms with E-state index < -0.39 is 0 Å². The molecule has 6 heteroatoms. The fourth-order valence-electron chi connectivity index (χ4n) is 4.11. The van der Waals surface area contributed by atoms with Crippen LogP contribution >= 0.6 is 0 Å². The monoisotopic (exact) mass is 406 g/mol. The molecule has 2 aliphatic heterocycles. The predicted octanol–water partition coefficient (Wildman–Crippen LogP) is 2.78. The molecule has 156 valence electrons. The zero-order chi connectivity index (χ0) is 20.9. The molecule has 2 aliphatic rings. The third-order valence-electron chi connectivity index (χ3n) is 5.81. The molecule has 0 aliphatic carbocycles. The number of ether oxygens (including phenoxy) is 1. The Morgan fingerprint density at radius 2 is 1.60 bits per heavy atom. The zero-order valence-electron chi connectivity index (χ0n) is 17.0. The number of carbonyl (C=O) groups excluding carboxylic acids is 3. The third-order valence-corrected chi connectivity index (χ3v) is 5.81. The van der Waals surface area contributed by atoms with Crippen LogP contribution < -0.4 is 0 Å². The van der Waals surface area contributed by atoms with Gasteiger partial charge in [0, 0.05) is 37.5 Å². The van der Waals surface area contributed by atoms with E-state index in [-0.39, 0.29) is 30.2 Å². The summed E-state index contributed by atoms with van der Waals surface area (Å²) in [5.74, 6) is -0.0328. The van der Waals surface area contributed by atoms with Gasteiger partial charge in [-0.05, 0) is 29.7 Å². The second-order valence-corrected chi connectivity index (χ2v) is 7.80. The second-order valence-electron chi connectivity index (χ2n) is 7.80. The maximum Gasteiger partial charge on any atom is 0.254 e. The number of hydrogen-bond donors (Lipinski definition) is 0. The lowest BCUT2D eigenvalue weighted by Gasteiger charge is -2.28. The van der Waals surface area contributed by atoms with Gasteiger partial charge in [-0.25, -0.2) is 0 Å². The Morgan fingerprint density at radius 3 is 2.30 bits per heavy atom. The van der Waals surface area contributed by atoms with Gasteiger partial charge >= 0.3 is 0 Å². The molecular weight excluding hydrogens is 380 g/mol. The molecular formula is C24H26N2O4. The number of Topliss-reactive ketones (excluding diaryl/α,β-unsaturated/α-hetero) is 1. The number of likely N-dealkylation sites (tertiary alicyclic amines) is 1. The average molecular weight is 406 g/mol. The minimum Gasteiger partial charge on any atom is -0.378 e. The van der Waals surface area contributed by atoms with Crippen molar-refractivity contribution in [3.63, 3.8) is 0 Å². The lowest BCUT2D eigenvalue weighted by atomic mass is 10.0. The summed E-state index contributed by atoms with van der Waals surface area (Å²) in [4.78, 5) is 41.0. The Labute approximate surface area is 176 Å². The van der Waals surface area contributed by atoms with Crippen molar-refractivity contribution in [1.29, 1.82) is 0 Å². The summed E-state index contributed by atoms with van der Waals surface area (Å²) in [5.41, 5.74) is 2.69. The van der Waals surface area contributed by atoms with Gasteiger partial charge in [-0.2, -0.15) is 0 Å². The molecule has 2 heterocycles. The molecule has 2 aromatic rings. The first kappa shape index (κ1) is 20.3. The van der Waals surface area contributed by atoms with Gasteiger partial charge in [0.05, 0.1) is 19.8 Å². The van der Waals surface area contributed by atoms with E-state index in [0.717, 1.165) is 11.1 Å². The van der Waals surface area contributed by atoms with E-state index in [1.807, 2.05) is 54.6 Å². The maximum atomic E-state index is 13.1. The standard InChI is InChI=1S/C24H26N2O4/c27-22-16-21(10-11-23(28)25-12-14-30-15-13-25)26(17-22)24(29)20-8-6-19(7-9-20)18-4-2-1-3-5-18/h1-9,21H,10-17H2. The highest BCUT2D eigenvalue weighted by Crippen LogP contribution is 2.24. The zero-order valence-corrected chi connectivity index (χ0v) is 17.0. The highest BCUT2D eigenvalue weighted by molar-refractivity contribution is 5.99. The van der Waals surface area contributed by atoms with E-state index in [1.165, 1.54) is 0 Å². The van der Waals surface area contributed by atoms with Crippen LogP contribution in [0.15, 0.2) is 54.6 Å². The van der Waals surface area contributed by atoms with E-state index in [1.54, 1.807) is 9.80 Å². The molecule has 0 radical (unpaired) electrons. The van der Waals surface area contributed by atoms with Crippen molar-refractivity contribution in [2.45, 2.75) is 25.3 Å². The molecule has 0 N–H and O–H groups in total. The number of morpholine rings is 1. The summed E-state index contributed by atoms with van der Waals surface area (Å²) >= 11 is 0. The predicted molar refractivity (Wildman–Crippen MR) is 113 cm³/mol. The molecule has 1 unspecified atom stereocenters. The van der Waals surface area contributed by atoms with Gasteiger partial charge in [-0.1, -0.05) is 42.5 Å². The lowest BCUT2D eigenvalue weighted by Crippen LogP contribution is -2.41. The van der Waals surface area contributed by atoms with Gasteiger partial charge < -0.3 is 14.5 Å². The molecule has 2 fully saturated rings. The summed E-state index contributed by atoms with van der Waals surface area (Å²) in [7, 11) is 0. The quantitative estimate of drug-likeness (QED) is 0.766. The van der Waals surface area contributed by atoms with E-state index >= 15 is 0 Å². The molecule has 1 atom stereocenters. The normalized spacial score (nSPS) is 19.2. The minimum atomic E-state index is -0.219. The molecule has 6 nitrogen and oxygen atoms in total. The van der Waals surface area contributed by atoms with E-state index in [4.69, 9.17) is 4.74 Å². The van der Waals surface area contributed by atoms with E-state index in [0.29, 0.717) is 51.1 Å². The Hall–Kier alpha value is -2.99. The first-order valence-electron chi connectivity index (χ1n) is 10.5. The number of ketones is 1. The molecule has 0 spiro atoms. The first-order valence-corrected chi connectivity index (χ1v) is 10.5. The summed E-state index contributed by atoms with van der Waals surface area (Å²) in [6, 6.07) is 17.2. The Morgan fingerprint density at radius 1 is 0.933 bits per heavy atom. The molecule has 0 aromatic heterocycles. The third kappa shape index (κ3) is 4.60.